The topological polar surface area (TPSA) is 125 Å². The Bertz CT molecular complexity index is 5570. The highest BCUT2D eigenvalue weighted by Crippen LogP contribution is 2.46. The predicted molar refractivity (Wildman–Crippen MR) is 372 cm³/mol. The van der Waals surface area contributed by atoms with Crippen molar-refractivity contribution in [3.8, 4) is 136 Å². The van der Waals surface area contributed by atoms with E-state index in [1.807, 2.05) is 109 Å². The molecule has 0 aliphatic rings. The summed E-state index contributed by atoms with van der Waals surface area (Å²) in [6.45, 7) is 0. The van der Waals surface area contributed by atoms with E-state index in [0.717, 1.165) is 155 Å². The van der Waals surface area contributed by atoms with Crippen LogP contribution in [0.25, 0.3) is 167 Å². The monoisotopic (exact) mass is 1170 g/mol. The van der Waals surface area contributed by atoms with Gasteiger partial charge in [-0.25, -0.2) is 9.97 Å². The van der Waals surface area contributed by atoms with Crippen molar-refractivity contribution in [3.05, 3.63) is 315 Å². The molecule has 16 rings (SSSR count). The molecule has 0 aliphatic heterocycles. The highest BCUT2D eigenvalue weighted by molar-refractivity contribution is 6.06. The van der Waals surface area contributed by atoms with Gasteiger partial charge in [0.25, 0.3) is 0 Å². The Morgan fingerprint density at radius 3 is 1.03 bits per heavy atom. The van der Waals surface area contributed by atoms with E-state index in [1.165, 1.54) is 0 Å². The summed E-state index contributed by atoms with van der Waals surface area (Å²) in [5.41, 5.74) is 21.4. The number of hydrogen-bond acceptors (Lipinski definition) is 8. The second-order valence-electron chi connectivity index (χ2n) is 22.9. The molecule has 0 radical (unpaired) electrons. The van der Waals surface area contributed by atoms with Crippen LogP contribution in [0.5, 0.6) is 0 Å². The van der Waals surface area contributed by atoms with Crippen LogP contribution in [-0.2, 0) is 0 Å². The summed E-state index contributed by atoms with van der Waals surface area (Å²) < 4.78 is 0. The van der Waals surface area contributed by atoms with E-state index in [0.29, 0.717) is 22.5 Å². The highest BCUT2D eigenvalue weighted by atomic mass is 14.8. The van der Waals surface area contributed by atoms with Crippen molar-refractivity contribution >= 4 is 43.1 Å². The predicted octanol–water partition coefficient (Wildman–Crippen LogP) is 20.7. The SMILES string of the molecule is N#Cc1ccc(-c2cc3ccccc3cc2-c2cc3ccccc3cc2-c2cc(-c3ccccn3)nc(-c3ccc(-c4ccc5cc(-c6cc(-c7ccccn7)nc(-c7ccccn7)c6)c(-c6cc(-c7ccc(C#N)cc7)c7ccccc7c6)cc5c4)cn3)c2)cc1. The second-order valence-corrected chi connectivity index (χ2v) is 22.9. The van der Waals surface area contributed by atoms with E-state index < -0.39 is 0 Å². The largest absolute Gasteiger partial charge is 0.255 e. The number of nitrogens with zero attached hydrogens (tertiary/aromatic N) is 8. The molecule has 10 aromatic carbocycles. The summed E-state index contributed by atoms with van der Waals surface area (Å²) in [7, 11) is 0. The molecule has 0 saturated carbocycles. The molecule has 0 spiro atoms. The Hall–Kier alpha value is -12.9. The molecule has 0 fully saturated rings. The van der Waals surface area contributed by atoms with Gasteiger partial charge in [-0.05, 0) is 261 Å². The molecule has 0 unspecified atom stereocenters. The molecule has 6 aromatic heterocycles. The zero-order valence-electron chi connectivity index (χ0n) is 49.4. The lowest BCUT2D eigenvalue weighted by atomic mass is 9.85. The lowest BCUT2D eigenvalue weighted by Crippen LogP contribution is -1.96. The molecule has 0 saturated heterocycles. The summed E-state index contributed by atoms with van der Waals surface area (Å²) in [6.07, 6.45) is 7.35. The minimum atomic E-state index is 0.609. The zero-order valence-corrected chi connectivity index (χ0v) is 49.4. The molecule has 0 atom stereocenters. The van der Waals surface area contributed by atoms with Crippen molar-refractivity contribution in [2.75, 3.05) is 0 Å². The fraction of sp³-hybridized carbons (Fsp3) is 0. The molecule has 16 aromatic rings. The molecule has 0 amide bonds. The van der Waals surface area contributed by atoms with Crippen LogP contribution in [0, 0.1) is 22.7 Å². The van der Waals surface area contributed by atoms with Crippen molar-refractivity contribution in [3.63, 3.8) is 0 Å². The van der Waals surface area contributed by atoms with Gasteiger partial charge in [-0.1, -0.05) is 133 Å². The van der Waals surface area contributed by atoms with Crippen LogP contribution in [0.1, 0.15) is 11.1 Å². The Morgan fingerprint density at radius 2 is 0.576 bits per heavy atom. The van der Waals surface area contributed by atoms with Crippen molar-refractivity contribution in [2.24, 2.45) is 0 Å². The van der Waals surface area contributed by atoms with Crippen molar-refractivity contribution in [1.29, 1.82) is 10.5 Å². The molecule has 8 heteroatoms. The van der Waals surface area contributed by atoms with Crippen LogP contribution in [0.15, 0.2) is 304 Å². The first-order valence-electron chi connectivity index (χ1n) is 30.4. The van der Waals surface area contributed by atoms with E-state index >= 15 is 0 Å². The average Bonchev–Trinajstić information content (AvgIpc) is 0.919. The second kappa shape index (κ2) is 23.3. The lowest BCUT2D eigenvalue weighted by Gasteiger charge is -2.19. The van der Waals surface area contributed by atoms with E-state index in [4.69, 9.17) is 29.9 Å². The fourth-order valence-corrected chi connectivity index (χ4v) is 12.7. The lowest BCUT2D eigenvalue weighted by molar-refractivity contribution is 1.22. The summed E-state index contributed by atoms with van der Waals surface area (Å²) in [6, 6.07) is 101. The van der Waals surface area contributed by atoms with Crippen LogP contribution in [-0.4, -0.2) is 29.9 Å². The first kappa shape index (κ1) is 54.5. The molecule has 0 N–H and O–H groups in total. The van der Waals surface area contributed by atoms with Crippen molar-refractivity contribution in [1.82, 2.24) is 29.9 Å². The van der Waals surface area contributed by atoms with Crippen LogP contribution in [0.4, 0.5) is 0 Å². The van der Waals surface area contributed by atoms with Gasteiger partial charge in [0.05, 0.1) is 68.8 Å². The molecule has 0 bridgehead atoms. The molecule has 92 heavy (non-hydrogen) atoms. The maximum atomic E-state index is 9.78. The van der Waals surface area contributed by atoms with Gasteiger partial charge in [0.2, 0.25) is 0 Å². The number of fused-ring (bicyclic) bond motifs is 4. The number of rotatable bonds is 11. The Labute approximate surface area is 531 Å². The van der Waals surface area contributed by atoms with E-state index in [1.54, 1.807) is 18.6 Å². The Balaban J connectivity index is 0.841. The molecule has 426 valence electrons. The number of benzene rings is 10. The van der Waals surface area contributed by atoms with Crippen LogP contribution in [0.3, 0.4) is 0 Å². The summed E-state index contributed by atoms with van der Waals surface area (Å²) in [5, 5.41) is 28.3. The van der Waals surface area contributed by atoms with Gasteiger partial charge >= 0.3 is 0 Å². The fourth-order valence-electron chi connectivity index (χ4n) is 12.7. The van der Waals surface area contributed by atoms with Gasteiger partial charge in [0.1, 0.15) is 0 Å². The molecule has 6 heterocycles. The van der Waals surface area contributed by atoms with Gasteiger partial charge < -0.3 is 0 Å². The van der Waals surface area contributed by atoms with Crippen molar-refractivity contribution < 1.29 is 0 Å². The number of hydrogen-bond donors (Lipinski definition) is 0. The average molecular weight is 1170 g/mol. The van der Waals surface area contributed by atoms with E-state index in [9.17, 15) is 10.5 Å². The molecular formula is C84H50N8. The van der Waals surface area contributed by atoms with Crippen LogP contribution in [0.2, 0.25) is 0 Å². The normalized spacial score (nSPS) is 11.2. The maximum absolute atomic E-state index is 9.78. The molecule has 8 nitrogen and oxygen atoms in total. The summed E-state index contributed by atoms with van der Waals surface area (Å²) >= 11 is 0. The number of nitriles is 2. The zero-order chi connectivity index (χ0) is 61.5. The van der Waals surface area contributed by atoms with Crippen LogP contribution < -0.4 is 0 Å². The Morgan fingerprint density at radius 1 is 0.217 bits per heavy atom. The van der Waals surface area contributed by atoms with Gasteiger partial charge in [0.15, 0.2) is 0 Å². The molecule has 0 aliphatic carbocycles. The van der Waals surface area contributed by atoms with E-state index in [2.05, 4.69) is 188 Å². The van der Waals surface area contributed by atoms with Gasteiger partial charge in [-0.15, -0.1) is 0 Å². The van der Waals surface area contributed by atoms with Gasteiger partial charge in [-0.3, -0.25) is 19.9 Å². The van der Waals surface area contributed by atoms with Gasteiger partial charge in [0, 0.05) is 30.4 Å². The number of pyridine rings is 6. The third kappa shape index (κ3) is 10.4. The van der Waals surface area contributed by atoms with E-state index in [-0.39, 0.29) is 0 Å². The standard InChI is InChI=1S/C84H50N8/c85-50-53-22-26-55(27-23-53)70-45-66(38-63-17-5-6-18-69(63)70)73-44-65-37-61(30-31-62(65)41-72(73)67-46-81(77-19-7-10-34-87-77)91-82(47-67)78-20-8-11-35-88-78)64-32-33-80(90-52-64)84-49-68(48-83(92-84)79-21-9-12-36-89-79)74-40-58-14-2-4-16-60(58)43-76(74)75-42-59-15-3-1-13-57(59)39-71(75)56-28-24-54(51-86)25-29-56/h1-49,52H. The maximum Gasteiger partial charge on any atom is 0.0991 e. The quantitative estimate of drug-likeness (QED) is 0.125. The smallest absolute Gasteiger partial charge is 0.0991 e. The first-order chi connectivity index (χ1) is 45.4. The number of aromatic nitrogens is 6. The van der Waals surface area contributed by atoms with Crippen molar-refractivity contribution in [2.45, 2.75) is 0 Å². The minimum absolute atomic E-state index is 0.609. The summed E-state index contributed by atoms with van der Waals surface area (Å²) in [4.78, 5) is 30.1. The first-order valence-corrected chi connectivity index (χ1v) is 30.4. The molecular weight excluding hydrogens is 1120 g/mol. The third-order valence-corrected chi connectivity index (χ3v) is 17.3. The van der Waals surface area contributed by atoms with Crippen LogP contribution >= 0.6 is 0 Å². The van der Waals surface area contributed by atoms with Gasteiger partial charge in [-0.2, -0.15) is 10.5 Å². The third-order valence-electron chi connectivity index (χ3n) is 17.3. The minimum Gasteiger partial charge on any atom is -0.255 e. The Kier molecular flexibility index (Phi) is 13.8. The highest BCUT2D eigenvalue weighted by Gasteiger charge is 2.21. The summed E-state index contributed by atoms with van der Waals surface area (Å²) in [5.74, 6) is 0.